The molecule has 1 aliphatic heterocycles. The predicted molar refractivity (Wildman–Crippen MR) is 53.1 cm³/mol. The standard InChI is InChI=1S/C7H11N3.2ClH/c1-10-5-6-2-3-8-4-7(6)9-10;;/h5,8H,2-4H2,1H3;2*1H. The summed E-state index contributed by atoms with van der Waals surface area (Å²) in [5.41, 5.74) is 2.62. The van der Waals surface area contributed by atoms with Crippen LogP contribution in [0.4, 0.5) is 0 Å². The minimum absolute atomic E-state index is 0. The van der Waals surface area contributed by atoms with Gasteiger partial charge in [0.05, 0.1) is 5.69 Å². The molecule has 0 saturated carbocycles. The quantitative estimate of drug-likeness (QED) is 0.689. The summed E-state index contributed by atoms with van der Waals surface area (Å²) in [5.74, 6) is 0. The van der Waals surface area contributed by atoms with E-state index >= 15 is 0 Å². The first-order valence-electron chi connectivity index (χ1n) is 3.58. The number of hydrogen-bond donors (Lipinski definition) is 1. The van der Waals surface area contributed by atoms with Gasteiger partial charge in [0.15, 0.2) is 0 Å². The monoisotopic (exact) mass is 209 g/mol. The molecule has 1 aromatic rings. The van der Waals surface area contributed by atoms with Crippen LogP contribution in [-0.2, 0) is 20.0 Å². The normalized spacial score (nSPS) is 14.1. The molecule has 0 aliphatic carbocycles. The average Bonchev–Trinajstić information content (AvgIpc) is 2.27. The van der Waals surface area contributed by atoms with Crippen LogP contribution in [0, 0.1) is 0 Å². The fourth-order valence-corrected chi connectivity index (χ4v) is 1.37. The van der Waals surface area contributed by atoms with Crippen LogP contribution >= 0.6 is 24.8 Å². The Hall–Kier alpha value is -0.250. The highest BCUT2D eigenvalue weighted by molar-refractivity contribution is 5.85. The molecule has 1 aromatic heterocycles. The predicted octanol–water partition coefficient (Wildman–Crippen LogP) is 0.909. The van der Waals surface area contributed by atoms with Gasteiger partial charge < -0.3 is 5.32 Å². The molecule has 1 aliphatic rings. The van der Waals surface area contributed by atoms with Crippen molar-refractivity contribution in [1.82, 2.24) is 15.1 Å². The number of aryl methyl sites for hydroxylation is 1. The van der Waals surface area contributed by atoms with Crippen molar-refractivity contribution in [2.75, 3.05) is 6.54 Å². The number of hydrogen-bond acceptors (Lipinski definition) is 2. The lowest BCUT2D eigenvalue weighted by molar-refractivity contribution is 0.625. The highest BCUT2D eigenvalue weighted by atomic mass is 35.5. The largest absolute Gasteiger partial charge is 0.311 e. The summed E-state index contributed by atoms with van der Waals surface area (Å²) in [4.78, 5) is 0. The minimum Gasteiger partial charge on any atom is -0.311 e. The Morgan fingerprint density at radius 2 is 2.25 bits per heavy atom. The molecule has 0 bridgehead atoms. The third-order valence-corrected chi connectivity index (χ3v) is 1.86. The lowest BCUT2D eigenvalue weighted by Gasteiger charge is -2.09. The topological polar surface area (TPSA) is 29.9 Å². The molecule has 1 N–H and O–H groups in total. The van der Waals surface area contributed by atoms with E-state index in [0.29, 0.717) is 0 Å². The highest BCUT2D eigenvalue weighted by Gasteiger charge is 2.10. The first-order valence-corrected chi connectivity index (χ1v) is 3.58. The van der Waals surface area contributed by atoms with Gasteiger partial charge in [-0.25, -0.2) is 0 Å². The van der Waals surface area contributed by atoms with Crippen LogP contribution in [0.3, 0.4) is 0 Å². The Morgan fingerprint density at radius 3 is 2.92 bits per heavy atom. The molecule has 5 heteroatoms. The lowest BCUT2D eigenvalue weighted by atomic mass is 10.1. The molecule has 0 spiro atoms. The Kier molecular flexibility index (Phi) is 4.60. The van der Waals surface area contributed by atoms with E-state index in [0.717, 1.165) is 19.5 Å². The summed E-state index contributed by atoms with van der Waals surface area (Å²) in [7, 11) is 1.97. The first-order chi connectivity index (χ1) is 4.86. The third kappa shape index (κ3) is 2.12. The van der Waals surface area contributed by atoms with Crippen LogP contribution in [0.25, 0.3) is 0 Å². The maximum Gasteiger partial charge on any atom is 0.0794 e. The molecule has 2 heterocycles. The molecule has 0 atom stereocenters. The van der Waals surface area contributed by atoms with Crippen molar-refractivity contribution >= 4 is 24.8 Å². The summed E-state index contributed by atoms with van der Waals surface area (Å²) in [5, 5.41) is 7.58. The van der Waals surface area contributed by atoms with Crippen molar-refractivity contribution in [3.63, 3.8) is 0 Å². The molecule has 0 fully saturated rings. The van der Waals surface area contributed by atoms with Crippen molar-refractivity contribution in [2.24, 2.45) is 7.05 Å². The fourth-order valence-electron chi connectivity index (χ4n) is 1.37. The van der Waals surface area contributed by atoms with Gasteiger partial charge in [-0.15, -0.1) is 24.8 Å². The summed E-state index contributed by atoms with van der Waals surface area (Å²) in [6, 6.07) is 0. The second-order valence-corrected chi connectivity index (χ2v) is 2.70. The second kappa shape index (κ2) is 4.70. The summed E-state index contributed by atoms with van der Waals surface area (Å²) < 4.78 is 1.89. The van der Waals surface area contributed by atoms with Crippen LogP contribution in [0.1, 0.15) is 11.3 Å². The van der Waals surface area contributed by atoms with Gasteiger partial charge in [0, 0.05) is 19.8 Å². The summed E-state index contributed by atoms with van der Waals surface area (Å²) in [6.45, 7) is 2.04. The number of nitrogens with one attached hydrogen (secondary N) is 1. The van der Waals surface area contributed by atoms with Crippen molar-refractivity contribution in [2.45, 2.75) is 13.0 Å². The lowest BCUT2D eigenvalue weighted by Crippen LogP contribution is -2.22. The van der Waals surface area contributed by atoms with E-state index in [1.807, 2.05) is 11.7 Å². The Labute approximate surface area is 84.3 Å². The molecule has 70 valence electrons. The third-order valence-electron chi connectivity index (χ3n) is 1.86. The minimum atomic E-state index is 0. The number of aromatic nitrogens is 2. The second-order valence-electron chi connectivity index (χ2n) is 2.70. The van der Waals surface area contributed by atoms with E-state index in [2.05, 4.69) is 16.6 Å². The van der Waals surface area contributed by atoms with Gasteiger partial charge in [-0.05, 0) is 18.5 Å². The molecule has 12 heavy (non-hydrogen) atoms. The molecular formula is C7H13Cl2N3. The van der Waals surface area contributed by atoms with E-state index in [9.17, 15) is 0 Å². The van der Waals surface area contributed by atoms with Gasteiger partial charge in [0.1, 0.15) is 0 Å². The van der Waals surface area contributed by atoms with Gasteiger partial charge in [-0.2, -0.15) is 5.10 Å². The molecule has 0 amide bonds. The zero-order valence-corrected chi connectivity index (χ0v) is 8.54. The van der Waals surface area contributed by atoms with Gasteiger partial charge >= 0.3 is 0 Å². The smallest absolute Gasteiger partial charge is 0.0794 e. The van der Waals surface area contributed by atoms with Gasteiger partial charge in [-0.3, -0.25) is 4.68 Å². The van der Waals surface area contributed by atoms with Gasteiger partial charge in [-0.1, -0.05) is 0 Å². The number of nitrogens with zero attached hydrogens (tertiary/aromatic N) is 2. The Bertz CT molecular complexity index is 223. The van der Waals surface area contributed by atoms with E-state index in [1.165, 1.54) is 11.3 Å². The zero-order valence-electron chi connectivity index (χ0n) is 6.91. The maximum absolute atomic E-state index is 4.31. The van der Waals surface area contributed by atoms with Crippen LogP contribution in [0.2, 0.25) is 0 Å². The van der Waals surface area contributed by atoms with Gasteiger partial charge in [0.25, 0.3) is 0 Å². The fraction of sp³-hybridized carbons (Fsp3) is 0.571. The highest BCUT2D eigenvalue weighted by Crippen LogP contribution is 2.09. The van der Waals surface area contributed by atoms with Crippen LogP contribution in [-0.4, -0.2) is 16.3 Å². The average molecular weight is 210 g/mol. The van der Waals surface area contributed by atoms with E-state index in [1.54, 1.807) is 0 Å². The summed E-state index contributed by atoms with van der Waals surface area (Å²) >= 11 is 0. The molecule has 2 rings (SSSR count). The summed E-state index contributed by atoms with van der Waals surface area (Å²) in [6.07, 6.45) is 3.24. The van der Waals surface area contributed by atoms with Crippen molar-refractivity contribution in [3.8, 4) is 0 Å². The molecule has 3 nitrogen and oxygen atoms in total. The van der Waals surface area contributed by atoms with Crippen LogP contribution < -0.4 is 5.32 Å². The maximum atomic E-state index is 4.31. The molecule has 0 radical (unpaired) electrons. The molecule has 0 aromatic carbocycles. The first kappa shape index (κ1) is 11.8. The van der Waals surface area contributed by atoms with Crippen molar-refractivity contribution in [3.05, 3.63) is 17.5 Å². The Morgan fingerprint density at radius 1 is 1.50 bits per heavy atom. The number of fused-ring (bicyclic) bond motifs is 1. The number of halogens is 2. The van der Waals surface area contributed by atoms with Gasteiger partial charge in [0.2, 0.25) is 0 Å². The van der Waals surface area contributed by atoms with E-state index in [4.69, 9.17) is 0 Å². The zero-order chi connectivity index (χ0) is 6.97. The van der Waals surface area contributed by atoms with E-state index < -0.39 is 0 Å². The van der Waals surface area contributed by atoms with Crippen LogP contribution in [0.5, 0.6) is 0 Å². The molecule has 0 saturated heterocycles. The number of rotatable bonds is 0. The van der Waals surface area contributed by atoms with E-state index in [-0.39, 0.29) is 24.8 Å². The Balaban J connectivity index is 0.000000605. The van der Waals surface area contributed by atoms with Crippen molar-refractivity contribution < 1.29 is 0 Å². The van der Waals surface area contributed by atoms with Crippen LogP contribution in [0.15, 0.2) is 6.20 Å². The molecular weight excluding hydrogens is 197 g/mol. The van der Waals surface area contributed by atoms with Crippen molar-refractivity contribution in [1.29, 1.82) is 0 Å². The SMILES string of the molecule is Cl.Cl.Cn1cc2c(n1)CNCC2. The molecule has 0 unspecified atom stereocenters.